The SMILES string of the molecule is CCCCCCCCCCCCCCC(=O)OC[C@@H](COC(=O)CCCCCCCCC(C)CC)OC(=O)CCCCCCCCCCCCCC. The third kappa shape index (κ3) is 38.1. The van der Waals surface area contributed by atoms with E-state index in [1.165, 1.54) is 148 Å². The summed E-state index contributed by atoms with van der Waals surface area (Å²) >= 11 is 0. The molecule has 0 radical (unpaired) electrons. The Hall–Kier alpha value is -1.59. The first-order chi connectivity index (χ1) is 25.4. The third-order valence-electron chi connectivity index (χ3n) is 10.7. The normalized spacial score (nSPS) is 12.5. The third-order valence-corrected chi connectivity index (χ3v) is 10.7. The molecule has 0 N–H and O–H groups in total. The Morgan fingerprint density at radius 1 is 0.385 bits per heavy atom. The van der Waals surface area contributed by atoms with Gasteiger partial charge in [-0.2, -0.15) is 0 Å². The largest absolute Gasteiger partial charge is 0.462 e. The average molecular weight is 737 g/mol. The molecule has 0 bridgehead atoms. The van der Waals surface area contributed by atoms with Crippen molar-refractivity contribution in [2.45, 2.75) is 259 Å². The van der Waals surface area contributed by atoms with Crippen LogP contribution in [-0.2, 0) is 28.6 Å². The van der Waals surface area contributed by atoms with Gasteiger partial charge in [0.05, 0.1) is 0 Å². The van der Waals surface area contributed by atoms with Crippen molar-refractivity contribution in [1.29, 1.82) is 0 Å². The van der Waals surface area contributed by atoms with Gasteiger partial charge < -0.3 is 14.2 Å². The first-order valence-electron chi connectivity index (χ1n) is 22.9. The average Bonchev–Trinajstić information content (AvgIpc) is 3.14. The van der Waals surface area contributed by atoms with Crippen LogP contribution in [0.5, 0.6) is 0 Å². The van der Waals surface area contributed by atoms with Crippen molar-refractivity contribution in [3.63, 3.8) is 0 Å². The van der Waals surface area contributed by atoms with Crippen LogP contribution < -0.4 is 0 Å². The summed E-state index contributed by atoms with van der Waals surface area (Å²) in [4.78, 5) is 37.7. The van der Waals surface area contributed by atoms with Crippen LogP contribution in [0.1, 0.15) is 252 Å². The summed E-state index contributed by atoms with van der Waals surface area (Å²) < 4.78 is 16.7. The second-order valence-corrected chi connectivity index (χ2v) is 15.9. The van der Waals surface area contributed by atoms with E-state index in [-0.39, 0.29) is 31.1 Å². The number of ether oxygens (including phenoxy) is 3. The highest BCUT2D eigenvalue weighted by Crippen LogP contribution is 2.16. The molecule has 0 fully saturated rings. The van der Waals surface area contributed by atoms with Crippen molar-refractivity contribution in [3.8, 4) is 0 Å². The molecule has 0 heterocycles. The molecule has 6 heteroatoms. The molecule has 1 unspecified atom stereocenters. The topological polar surface area (TPSA) is 78.9 Å². The monoisotopic (exact) mass is 737 g/mol. The summed E-state index contributed by atoms with van der Waals surface area (Å²) in [5.41, 5.74) is 0. The molecule has 0 amide bonds. The second-order valence-electron chi connectivity index (χ2n) is 15.9. The lowest BCUT2D eigenvalue weighted by atomic mass is 10.00. The molecule has 52 heavy (non-hydrogen) atoms. The van der Waals surface area contributed by atoms with Gasteiger partial charge in [-0.15, -0.1) is 0 Å². The van der Waals surface area contributed by atoms with Crippen LogP contribution in [0.25, 0.3) is 0 Å². The van der Waals surface area contributed by atoms with Crippen molar-refractivity contribution >= 4 is 17.9 Å². The van der Waals surface area contributed by atoms with E-state index in [9.17, 15) is 14.4 Å². The summed E-state index contributed by atoms with van der Waals surface area (Å²) in [6.45, 7) is 8.96. The lowest BCUT2D eigenvalue weighted by Crippen LogP contribution is -2.30. The first-order valence-corrected chi connectivity index (χ1v) is 22.9. The quantitative estimate of drug-likeness (QED) is 0.0353. The van der Waals surface area contributed by atoms with E-state index in [0.717, 1.165) is 63.7 Å². The minimum atomic E-state index is -0.759. The van der Waals surface area contributed by atoms with E-state index < -0.39 is 6.10 Å². The number of carbonyl (C=O) groups is 3. The standard InChI is InChI=1S/C46H88O6/c1-5-8-10-12-14-16-18-20-22-24-29-33-37-44(47)50-40-43(41-51-45(48)38-34-30-27-26-28-32-36-42(4)7-3)52-46(49)39-35-31-25-23-21-19-17-15-13-11-9-6-2/h42-43H,5-41H2,1-4H3/t42?,43-/m0/s1. The predicted molar refractivity (Wildman–Crippen MR) is 220 cm³/mol. The Labute approximate surface area is 323 Å². The van der Waals surface area contributed by atoms with Crippen molar-refractivity contribution in [1.82, 2.24) is 0 Å². The van der Waals surface area contributed by atoms with Crippen LogP contribution in [0.4, 0.5) is 0 Å². The molecule has 0 aromatic rings. The number of unbranched alkanes of at least 4 members (excludes halogenated alkanes) is 27. The highest BCUT2D eigenvalue weighted by Gasteiger charge is 2.19. The molecule has 2 atom stereocenters. The maximum absolute atomic E-state index is 12.7. The number of rotatable bonds is 41. The summed E-state index contributed by atoms with van der Waals surface area (Å²) in [6.07, 6.45) is 39.4. The van der Waals surface area contributed by atoms with Gasteiger partial charge in [0, 0.05) is 19.3 Å². The smallest absolute Gasteiger partial charge is 0.306 e. The second kappa shape index (κ2) is 40.6. The highest BCUT2D eigenvalue weighted by molar-refractivity contribution is 5.71. The van der Waals surface area contributed by atoms with Crippen molar-refractivity contribution in [2.75, 3.05) is 13.2 Å². The van der Waals surface area contributed by atoms with E-state index in [2.05, 4.69) is 27.7 Å². The molecule has 0 aliphatic rings. The van der Waals surface area contributed by atoms with Gasteiger partial charge in [-0.3, -0.25) is 14.4 Å². The number of esters is 3. The van der Waals surface area contributed by atoms with Crippen LogP contribution in [0.2, 0.25) is 0 Å². The van der Waals surface area contributed by atoms with E-state index in [4.69, 9.17) is 14.2 Å². The van der Waals surface area contributed by atoms with Gasteiger partial charge in [-0.1, -0.05) is 214 Å². The zero-order valence-electron chi connectivity index (χ0n) is 35.3. The molecular formula is C46H88O6. The Bertz CT molecular complexity index is 783. The van der Waals surface area contributed by atoms with Crippen LogP contribution in [0, 0.1) is 5.92 Å². The molecule has 0 aromatic carbocycles. The van der Waals surface area contributed by atoms with Crippen molar-refractivity contribution < 1.29 is 28.6 Å². The van der Waals surface area contributed by atoms with Crippen LogP contribution in [0.15, 0.2) is 0 Å². The lowest BCUT2D eigenvalue weighted by Gasteiger charge is -2.18. The molecule has 0 aliphatic heterocycles. The molecule has 0 aliphatic carbocycles. The number of hydrogen-bond donors (Lipinski definition) is 0. The lowest BCUT2D eigenvalue weighted by molar-refractivity contribution is -0.167. The zero-order chi connectivity index (χ0) is 38.2. The molecule has 0 rings (SSSR count). The van der Waals surface area contributed by atoms with Gasteiger partial charge in [0.15, 0.2) is 6.10 Å². The van der Waals surface area contributed by atoms with Crippen LogP contribution >= 0.6 is 0 Å². The Morgan fingerprint density at radius 3 is 1.00 bits per heavy atom. The van der Waals surface area contributed by atoms with Crippen molar-refractivity contribution in [3.05, 3.63) is 0 Å². The minimum Gasteiger partial charge on any atom is -0.462 e. The van der Waals surface area contributed by atoms with E-state index in [1.54, 1.807) is 0 Å². The Balaban J connectivity index is 4.34. The number of carbonyl (C=O) groups excluding carboxylic acids is 3. The minimum absolute atomic E-state index is 0.0643. The molecule has 0 spiro atoms. The number of hydrogen-bond acceptors (Lipinski definition) is 6. The summed E-state index contributed by atoms with van der Waals surface area (Å²) in [5.74, 6) is -0.0420. The summed E-state index contributed by atoms with van der Waals surface area (Å²) in [5, 5.41) is 0. The summed E-state index contributed by atoms with van der Waals surface area (Å²) in [7, 11) is 0. The van der Waals surface area contributed by atoms with Gasteiger partial charge in [-0.05, 0) is 25.2 Å². The Morgan fingerprint density at radius 2 is 0.673 bits per heavy atom. The molecule has 0 aromatic heterocycles. The fourth-order valence-electron chi connectivity index (χ4n) is 6.77. The Kier molecular flexibility index (Phi) is 39.4. The van der Waals surface area contributed by atoms with Crippen LogP contribution in [0.3, 0.4) is 0 Å². The van der Waals surface area contributed by atoms with Gasteiger partial charge in [-0.25, -0.2) is 0 Å². The highest BCUT2D eigenvalue weighted by atomic mass is 16.6. The van der Waals surface area contributed by atoms with Gasteiger partial charge in [0.25, 0.3) is 0 Å². The molecule has 0 saturated heterocycles. The molecule has 0 saturated carbocycles. The fourth-order valence-corrected chi connectivity index (χ4v) is 6.77. The summed E-state index contributed by atoms with van der Waals surface area (Å²) in [6, 6.07) is 0. The van der Waals surface area contributed by atoms with Gasteiger partial charge >= 0.3 is 17.9 Å². The van der Waals surface area contributed by atoms with E-state index in [0.29, 0.717) is 19.3 Å². The predicted octanol–water partition coefficient (Wildman–Crippen LogP) is 14.3. The molecule has 6 nitrogen and oxygen atoms in total. The van der Waals surface area contributed by atoms with E-state index >= 15 is 0 Å². The van der Waals surface area contributed by atoms with Gasteiger partial charge in [0.1, 0.15) is 13.2 Å². The van der Waals surface area contributed by atoms with Crippen LogP contribution in [-0.4, -0.2) is 37.2 Å². The maximum atomic E-state index is 12.7. The molecular weight excluding hydrogens is 648 g/mol. The molecule has 308 valence electrons. The maximum Gasteiger partial charge on any atom is 0.306 e. The van der Waals surface area contributed by atoms with Gasteiger partial charge in [0.2, 0.25) is 0 Å². The van der Waals surface area contributed by atoms with E-state index in [1.807, 2.05) is 0 Å². The first kappa shape index (κ1) is 50.4. The van der Waals surface area contributed by atoms with Crippen molar-refractivity contribution in [2.24, 2.45) is 5.92 Å². The fraction of sp³-hybridized carbons (Fsp3) is 0.935. The zero-order valence-corrected chi connectivity index (χ0v) is 35.3.